The fraction of sp³-hybridized carbons (Fsp3) is 0.696. The summed E-state index contributed by atoms with van der Waals surface area (Å²) in [6, 6.07) is 10.8. The lowest BCUT2D eigenvalue weighted by molar-refractivity contribution is -0.141. The Kier molecular flexibility index (Phi) is 13.0. The van der Waals surface area contributed by atoms with E-state index in [0.29, 0.717) is 12.3 Å². The summed E-state index contributed by atoms with van der Waals surface area (Å²) in [7, 11) is 1.47. The highest BCUT2D eigenvalue weighted by Gasteiger charge is 2.08. The van der Waals surface area contributed by atoms with E-state index in [9.17, 15) is 4.79 Å². The zero-order valence-electron chi connectivity index (χ0n) is 16.5. The zero-order chi connectivity index (χ0) is 18.2. The molecule has 0 fully saturated rings. The third kappa shape index (κ3) is 12.7. The molecule has 0 spiro atoms. The van der Waals surface area contributed by atoms with Crippen molar-refractivity contribution in [3.63, 3.8) is 0 Å². The van der Waals surface area contributed by atoms with E-state index in [1.54, 1.807) is 0 Å². The Hall–Kier alpha value is -1.31. The Morgan fingerprint density at radius 1 is 0.840 bits per heavy atom. The van der Waals surface area contributed by atoms with Crippen LogP contribution in [0.5, 0.6) is 0 Å². The molecule has 0 aromatic heterocycles. The molecule has 0 aliphatic heterocycles. The summed E-state index contributed by atoms with van der Waals surface area (Å²) in [6.45, 7) is 2.15. The molecule has 0 radical (unpaired) electrons. The Labute approximate surface area is 155 Å². The molecule has 2 nitrogen and oxygen atoms in total. The quantitative estimate of drug-likeness (QED) is 0.260. The third-order valence-electron chi connectivity index (χ3n) is 5.00. The van der Waals surface area contributed by atoms with E-state index < -0.39 is 0 Å². The van der Waals surface area contributed by atoms with Crippen molar-refractivity contribution in [1.29, 1.82) is 0 Å². The Morgan fingerprint density at radius 2 is 1.36 bits per heavy atom. The number of unbranched alkanes of at least 4 members (excludes halogenated alkanes) is 9. The van der Waals surface area contributed by atoms with Crippen molar-refractivity contribution in [3.05, 3.63) is 35.9 Å². The predicted molar refractivity (Wildman–Crippen MR) is 107 cm³/mol. The number of hydrogen-bond donors (Lipinski definition) is 0. The van der Waals surface area contributed by atoms with E-state index >= 15 is 0 Å². The van der Waals surface area contributed by atoms with Gasteiger partial charge in [-0.15, -0.1) is 0 Å². The first-order valence-electron chi connectivity index (χ1n) is 10.3. The van der Waals surface area contributed by atoms with Gasteiger partial charge in [0.15, 0.2) is 0 Å². The van der Waals surface area contributed by atoms with Crippen LogP contribution in [0.3, 0.4) is 0 Å². The van der Waals surface area contributed by atoms with Crippen LogP contribution < -0.4 is 0 Å². The molecule has 0 heterocycles. The summed E-state index contributed by atoms with van der Waals surface area (Å²) >= 11 is 0. The zero-order valence-corrected chi connectivity index (χ0v) is 16.5. The highest BCUT2D eigenvalue weighted by Crippen LogP contribution is 2.16. The molecule has 0 saturated heterocycles. The fourth-order valence-corrected chi connectivity index (χ4v) is 3.35. The number of aryl methyl sites for hydroxylation is 1. The third-order valence-corrected chi connectivity index (χ3v) is 5.00. The Balaban J connectivity index is 1.79. The average Bonchev–Trinajstić information content (AvgIpc) is 2.63. The lowest BCUT2D eigenvalue weighted by Crippen LogP contribution is -2.06. The van der Waals surface area contributed by atoms with Gasteiger partial charge in [-0.3, -0.25) is 4.79 Å². The topological polar surface area (TPSA) is 26.3 Å². The summed E-state index contributed by atoms with van der Waals surface area (Å²) < 4.78 is 4.71. The summed E-state index contributed by atoms with van der Waals surface area (Å²) in [5.74, 6) is 0.389. The van der Waals surface area contributed by atoms with Crippen LogP contribution in [0.2, 0.25) is 0 Å². The van der Waals surface area contributed by atoms with Crippen LogP contribution in [0.1, 0.15) is 89.5 Å². The van der Waals surface area contributed by atoms with Crippen molar-refractivity contribution in [2.24, 2.45) is 5.92 Å². The van der Waals surface area contributed by atoms with Crippen LogP contribution in [0.15, 0.2) is 30.3 Å². The molecule has 1 atom stereocenters. The van der Waals surface area contributed by atoms with Crippen molar-refractivity contribution in [1.82, 2.24) is 0 Å². The van der Waals surface area contributed by atoms with Gasteiger partial charge in [-0.1, -0.05) is 101 Å². The number of ether oxygens (including phenoxy) is 1. The SMILES string of the molecule is COC(=O)C[C@H](C)CCCCCCCCCCCCc1ccccc1. The van der Waals surface area contributed by atoms with E-state index in [1.807, 2.05) is 0 Å². The van der Waals surface area contributed by atoms with Gasteiger partial charge in [0.2, 0.25) is 0 Å². The number of carbonyl (C=O) groups is 1. The molecule has 142 valence electrons. The van der Waals surface area contributed by atoms with Gasteiger partial charge in [0.05, 0.1) is 7.11 Å². The smallest absolute Gasteiger partial charge is 0.305 e. The van der Waals surface area contributed by atoms with Crippen LogP contribution in [0, 0.1) is 5.92 Å². The lowest BCUT2D eigenvalue weighted by Gasteiger charge is -2.09. The van der Waals surface area contributed by atoms with Crippen molar-refractivity contribution >= 4 is 5.97 Å². The molecular formula is C23H38O2. The van der Waals surface area contributed by atoms with Gasteiger partial charge in [0.25, 0.3) is 0 Å². The highest BCUT2D eigenvalue weighted by atomic mass is 16.5. The van der Waals surface area contributed by atoms with Gasteiger partial charge < -0.3 is 4.74 Å². The number of esters is 1. The number of benzene rings is 1. The van der Waals surface area contributed by atoms with Crippen LogP contribution in [-0.2, 0) is 16.0 Å². The van der Waals surface area contributed by atoms with E-state index in [-0.39, 0.29) is 5.97 Å². The van der Waals surface area contributed by atoms with Crippen molar-refractivity contribution in [3.8, 4) is 0 Å². The summed E-state index contributed by atoms with van der Waals surface area (Å²) in [6.07, 6.45) is 16.5. The van der Waals surface area contributed by atoms with E-state index in [2.05, 4.69) is 37.3 Å². The number of rotatable bonds is 15. The molecule has 0 aliphatic carbocycles. The maximum absolute atomic E-state index is 11.2. The molecule has 0 aliphatic rings. The first-order valence-corrected chi connectivity index (χ1v) is 10.3. The van der Waals surface area contributed by atoms with E-state index in [4.69, 9.17) is 4.74 Å². The predicted octanol–water partition coefficient (Wildman–Crippen LogP) is 6.72. The summed E-state index contributed by atoms with van der Waals surface area (Å²) in [5, 5.41) is 0. The van der Waals surface area contributed by atoms with Crippen LogP contribution in [-0.4, -0.2) is 13.1 Å². The van der Waals surface area contributed by atoms with Crippen LogP contribution in [0.25, 0.3) is 0 Å². The number of hydrogen-bond acceptors (Lipinski definition) is 2. The lowest BCUT2D eigenvalue weighted by atomic mass is 9.98. The van der Waals surface area contributed by atoms with Gasteiger partial charge in [-0.25, -0.2) is 0 Å². The number of methoxy groups -OCH3 is 1. The maximum atomic E-state index is 11.2. The fourth-order valence-electron chi connectivity index (χ4n) is 3.35. The molecule has 0 bridgehead atoms. The minimum Gasteiger partial charge on any atom is -0.469 e. The van der Waals surface area contributed by atoms with Crippen LogP contribution in [0.4, 0.5) is 0 Å². The minimum absolute atomic E-state index is 0.0729. The van der Waals surface area contributed by atoms with Gasteiger partial charge in [0, 0.05) is 6.42 Å². The van der Waals surface area contributed by atoms with Crippen molar-refractivity contribution in [2.75, 3.05) is 7.11 Å². The van der Waals surface area contributed by atoms with Crippen LogP contribution >= 0.6 is 0 Å². The molecule has 0 amide bonds. The largest absolute Gasteiger partial charge is 0.469 e. The molecular weight excluding hydrogens is 308 g/mol. The molecule has 2 heteroatoms. The molecule has 1 aromatic carbocycles. The van der Waals surface area contributed by atoms with Gasteiger partial charge in [-0.05, 0) is 24.3 Å². The number of carbonyl (C=O) groups excluding carboxylic acids is 1. The summed E-state index contributed by atoms with van der Waals surface area (Å²) in [5.41, 5.74) is 1.48. The standard InChI is InChI=1S/C23H38O2/c1-21(20-23(24)25-2)16-12-9-7-5-3-4-6-8-10-13-17-22-18-14-11-15-19-22/h11,14-15,18-19,21H,3-10,12-13,16-17,20H2,1-2H3/t21-/m1/s1. The van der Waals surface area contributed by atoms with Crippen molar-refractivity contribution < 1.29 is 9.53 Å². The maximum Gasteiger partial charge on any atom is 0.305 e. The van der Waals surface area contributed by atoms with Gasteiger partial charge in [0.1, 0.15) is 0 Å². The monoisotopic (exact) mass is 346 g/mol. The van der Waals surface area contributed by atoms with Crippen molar-refractivity contribution in [2.45, 2.75) is 90.4 Å². The van der Waals surface area contributed by atoms with Gasteiger partial charge >= 0.3 is 5.97 Å². The molecule has 1 aromatic rings. The second-order valence-corrected chi connectivity index (χ2v) is 7.45. The minimum atomic E-state index is -0.0729. The first kappa shape index (κ1) is 21.7. The van der Waals surface area contributed by atoms with E-state index in [1.165, 1.54) is 83.3 Å². The Morgan fingerprint density at radius 3 is 1.92 bits per heavy atom. The normalized spacial score (nSPS) is 12.1. The molecule has 0 N–H and O–H groups in total. The van der Waals surface area contributed by atoms with Gasteiger partial charge in [-0.2, -0.15) is 0 Å². The molecule has 0 unspecified atom stereocenters. The summed E-state index contributed by atoms with van der Waals surface area (Å²) in [4.78, 5) is 11.2. The molecule has 25 heavy (non-hydrogen) atoms. The highest BCUT2D eigenvalue weighted by molar-refractivity contribution is 5.69. The average molecular weight is 347 g/mol. The first-order chi connectivity index (χ1) is 12.2. The molecule has 0 saturated carbocycles. The Bertz CT molecular complexity index is 427. The van der Waals surface area contributed by atoms with E-state index in [0.717, 1.165) is 6.42 Å². The second kappa shape index (κ2) is 15.0. The molecule has 1 rings (SSSR count). The second-order valence-electron chi connectivity index (χ2n) is 7.45.